The second-order valence-electron chi connectivity index (χ2n) is 16.0. The largest absolute Gasteiger partial charge is 0.425 e. The Labute approximate surface area is 309 Å². The molecule has 270 valence electrons. The zero-order chi connectivity index (χ0) is 35.0. The number of esters is 2. The van der Waals surface area contributed by atoms with Gasteiger partial charge in [0.2, 0.25) is 0 Å². The lowest BCUT2D eigenvalue weighted by atomic mass is 9.69. The molecule has 0 spiro atoms. The first-order chi connectivity index (χ1) is 24.4. The molecule has 0 unspecified atom stereocenters. The van der Waals surface area contributed by atoms with Crippen LogP contribution < -0.4 is 9.47 Å². The van der Waals surface area contributed by atoms with Gasteiger partial charge >= 0.3 is 11.9 Å². The van der Waals surface area contributed by atoms with Crippen LogP contribution in [-0.4, -0.2) is 11.9 Å². The van der Waals surface area contributed by atoms with E-state index >= 15 is 0 Å². The van der Waals surface area contributed by atoms with Gasteiger partial charge in [-0.1, -0.05) is 88.7 Å². The highest BCUT2D eigenvalue weighted by Crippen LogP contribution is 2.59. The first kappa shape index (κ1) is 37.3. The van der Waals surface area contributed by atoms with Crippen LogP contribution in [0.4, 0.5) is 0 Å². The molecule has 4 fully saturated rings. The van der Waals surface area contributed by atoms with Gasteiger partial charge in [0.1, 0.15) is 11.5 Å². The van der Waals surface area contributed by atoms with Crippen molar-refractivity contribution in [1.29, 1.82) is 5.26 Å². The molecule has 1 heterocycles. The Kier molecular flexibility index (Phi) is 13.3. The number of rotatable bonds is 10. The summed E-state index contributed by atoms with van der Waals surface area (Å²) >= 11 is 2.53. The molecular formula is C42H56N2O4S2. The van der Waals surface area contributed by atoms with E-state index in [0.717, 1.165) is 86.9 Å². The fourth-order valence-corrected chi connectivity index (χ4v) is 12.5. The summed E-state index contributed by atoms with van der Waals surface area (Å²) in [6, 6.07) is 5.46. The lowest BCUT2D eigenvalue weighted by Crippen LogP contribution is -2.30. The normalized spacial score (nSPS) is 31.2. The summed E-state index contributed by atoms with van der Waals surface area (Å²) in [6.07, 6.45) is 23.9. The second kappa shape index (κ2) is 17.9. The van der Waals surface area contributed by atoms with Crippen LogP contribution >= 0.6 is 23.5 Å². The van der Waals surface area contributed by atoms with E-state index in [2.05, 4.69) is 18.7 Å². The molecule has 4 aliphatic carbocycles. The van der Waals surface area contributed by atoms with Gasteiger partial charge < -0.3 is 9.47 Å². The molecule has 50 heavy (non-hydrogen) atoms. The number of carbonyl (C=O) groups excluding carboxylic acids is 2. The molecule has 0 atom stereocenters. The molecule has 0 radical (unpaired) electrons. The van der Waals surface area contributed by atoms with Crippen molar-refractivity contribution in [3.63, 3.8) is 0 Å². The van der Waals surface area contributed by atoms with Crippen LogP contribution in [0, 0.1) is 65.2 Å². The molecular weight excluding hydrogens is 661 g/mol. The van der Waals surface area contributed by atoms with Crippen molar-refractivity contribution in [2.24, 2.45) is 47.3 Å². The van der Waals surface area contributed by atoms with Gasteiger partial charge in [-0.05, 0) is 125 Å². The topological polar surface area (TPSA) is 80.8 Å². The van der Waals surface area contributed by atoms with E-state index < -0.39 is 0 Å². The average molecular weight is 717 g/mol. The maximum Gasteiger partial charge on any atom is 0.314 e. The molecule has 8 heteroatoms. The molecule has 0 aromatic heterocycles. The van der Waals surface area contributed by atoms with E-state index in [0.29, 0.717) is 25.5 Å². The number of thioether (sulfide) groups is 2. The van der Waals surface area contributed by atoms with E-state index in [9.17, 15) is 14.9 Å². The number of nitrogens with zero attached hydrogens (tertiary/aromatic N) is 2. The minimum absolute atomic E-state index is 0.00477. The van der Waals surface area contributed by atoms with Crippen molar-refractivity contribution < 1.29 is 19.1 Å². The highest BCUT2D eigenvalue weighted by molar-refractivity contribution is 8.24. The second-order valence-corrected chi connectivity index (χ2v) is 18.3. The van der Waals surface area contributed by atoms with Gasteiger partial charge in [0.25, 0.3) is 5.70 Å². The number of carbonyl (C=O) groups is 2. The van der Waals surface area contributed by atoms with E-state index in [1.807, 2.05) is 6.07 Å². The van der Waals surface area contributed by atoms with Crippen molar-refractivity contribution in [2.45, 2.75) is 152 Å². The summed E-state index contributed by atoms with van der Waals surface area (Å²) in [5.74, 6) is 5.07. The van der Waals surface area contributed by atoms with E-state index in [1.54, 1.807) is 12.1 Å². The third-order valence-corrected chi connectivity index (χ3v) is 15.6. The van der Waals surface area contributed by atoms with Crippen LogP contribution in [0.3, 0.4) is 0 Å². The van der Waals surface area contributed by atoms with Crippen molar-refractivity contribution >= 4 is 35.5 Å². The Balaban J connectivity index is 1.06. The van der Waals surface area contributed by atoms with E-state index in [-0.39, 0.29) is 29.5 Å². The standard InChI is InChI=1S/C42H56N2O4S2/c1-4-6-27-8-12-29(13-9-27)31-16-20-33(21-17-31)40(45)47-36-24-25-37(39-38(36)49-42(50-39)35(26-43)44-3)48-41(46)34-22-18-32(19-23-34)30-14-10-28(7-5-2)11-15-30/h24-25,27-34H,4-23H2,1-2H3. The lowest BCUT2D eigenvalue weighted by Gasteiger charge is -2.37. The molecule has 0 amide bonds. The third-order valence-electron chi connectivity index (χ3n) is 13.0. The van der Waals surface area contributed by atoms with E-state index in [1.165, 1.54) is 101 Å². The van der Waals surface area contributed by atoms with Crippen LogP contribution in [0.1, 0.15) is 142 Å². The molecule has 5 aliphatic rings. The highest BCUT2D eigenvalue weighted by Gasteiger charge is 2.37. The van der Waals surface area contributed by atoms with Crippen LogP contribution in [-0.2, 0) is 9.59 Å². The number of hydrogen-bond donors (Lipinski definition) is 0. The summed E-state index contributed by atoms with van der Waals surface area (Å²) in [6.45, 7) is 12.1. The van der Waals surface area contributed by atoms with Gasteiger partial charge in [-0.15, -0.1) is 0 Å². The van der Waals surface area contributed by atoms with Crippen LogP contribution in [0.25, 0.3) is 4.85 Å². The summed E-state index contributed by atoms with van der Waals surface area (Å²) in [5, 5.41) is 9.62. The zero-order valence-electron chi connectivity index (χ0n) is 30.3. The van der Waals surface area contributed by atoms with Crippen molar-refractivity contribution in [3.05, 3.63) is 33.5 Å². The predicted octanol–water partition coefficient (Wildman–Crippen LogP) is 12.1. The number of ether oxygens (including phenoxy) is 2. The smallest absolute Gasteiger partial charge is 0.314 e. The fraction of sp³-hybridized carbons (Fsp3) is 0.714. The molecule has 0 saturated heterocycles. The number of allylic oxidation sites excluding steroid dienone is 1. The number of nitriles is 1. The van der Waals surface area contributed by atoms with Gasteiger partial charge in [0.15, 0.2) is 0 Å². The van der Waals surface area contributed by atoms with Crippen molar-refractivity contribution in [1.82, 2.24) is 0 Å². The van der Waals surface area contributed by atoms with Crippen molar-refractivity contribution in [3.8, 4) is 17.6 Å². The molecule has 4 saturated carbocycles. The van der Waals surface area contributed by atoms with Crippen LogP contribution in [0.2, 0.25) is 0 Å². The Morgan fingerprint density at radius 1 is 0.680 bits per heavy atom. The van der Waals surface area contributed by atoms with Gasteiger partial charge in [-0.2, -0.15) is 0 Å². The van der Waals surface area contributed by atoms with Gasteiger partial charge in [-0.25, -0.2) is 10.1 Å². The summed E-state index contributed by atoms with van der Waals surface area (Å²) in [4.78, 5) is 31.8. The van der Waals surface area contributed by atoms with Gasteiger partial charge in [0.05, 0.1) is 38.5 Å². The maximum absolute atomic E-state index is 13.5. The number of benzene rings is 1. The molecule has 6 rings (SSSR count). The van der Waals surface area contributed by atoms with Crippen LogP contribution in [0.5, 0.6) is 11.5 Å². The number of fused-ring (bicyclic) bond motifs is 1. The third kappa shape index (κ3) is 8.95. The molecule has 1 aromatic carbocycles. The summed E-state index contributed by atoms with van der Waals surface area (Å²) in [7, 11) is 0. The monoisotopic (exact) mass is 716 g/mol. The lowest BCUT2D eigenvalue weighted by molar-refractivity contribution is -0.141. The molecule has 1 aromatic rings. The first-order valence-electron chi connectivity index (χ1n) is 19.9. The quantitative estimate of drug-likeness (QED) is 0.103. The SMILES string of the molecule is [C-]#[N+]C(C#N)=C1Sc2c(OC(=O)C3CCC(C4CCC(CCC)CC4)CC3)ccc(OC(=O)C3CCC(C4CCC(CCC)CC4)CC3)c2S1. The zero-order valence-corrected chi connectivity index (χ0v) is 31.9. The molecule has 0 bridgehead atoms. The first-order valence-corrected chi connectivity index (χ1v) is 21.5. The average Bonchev–Trinajstić information content (AvgIpc) is 3.60. The van der Waals surface area contributed by atoms with Gasteiger partial charge in [0, 0.05) is 0 Å². The highest BCUT2D eigenvalue weighted by atomic mass is 32.2. The Morgan fingerprint density at radius 3 is 1.36 bits per heavy atom. The Bertz CT molecular complexity index is 1350. The maximum atomic E-state index is 13.5. The Hall–Kier alpha value is -2.42. The number of hydrogen-bond acceptors (Lipinski definition) is 7. The minimum atomic E-state index is -0.202. The molecule has 0 N–H and O–H groups in total. The fourth-order valence-electron chi connectivity index (χ4n) is 10.0. The molecule has 1 aliphatic heterocycles. The van der Waals surface area contributed by atoms with E-state index in [4.69, 9.17) is 16.0 Å². The molecule has 6 nitrogen and oxygen atoms in total. The Morgan fingerprint density at radius 2 is 1.04 bits per heavy atom. The summed E-state index contributed by atoms with van der Waals surface area (Å²) in [5.41, 5.74) is -0.00477. The van der Waals surface area contributed by atoms with Gasteiger partial charge in [-0.3, -0.25) is 9.59 Å². The van der Waals surface area contributed by atoms with Crippen LogP contribution in [0.15, 0.2) is 31.9 Å². The summed E-state index contributed by atoms with van der Waals surface area (Å²) < 4.78 is 12.7. The predicted molar refractivity (Wildman–Crippen MR) is 200 cm³/mol. The van der Waals surface area contributed by atoms with Crippen molar-refractivity contribution in [2.75, 3.05) is 0 Å². The minimum Gasteiger partial charge on any atom is -0.425 e.